The van der Waals surface area contributed by atoms with E-state index in [1.807, 2.05) is 43.6 Å². The molecular weight excluding hydrogens is 312 g/mol. The molecule has 1 atom stereocenters. The highest BCUT2D eigenvalue weighted by Crippen LogP contribution is 2.23. The third-order valence-corrected chi connectivity index (χ3v) is 4.49. The summed E-state index contributed by atoms with van der Waals surface area (Å²) in [6.45, 7) is 4.74. The van der Waals surface area contributed by atoms with Crippen LogP contribution in [0, 0.1) is 6.92 Å². The molecule has 2 aromatic heterocycles. The van der Waals surface area contributed by atoms with Gasteiger partial charge < -0.3 is 14.6 Å². The fourth-order valence-electron chi connectivity index (χ4n) is 2.12. The van der Waals surface area contributed by atoms with Gasteiger partial charge in [-0.05, 0) is 26.0 Å². The molecule has 1 N–H and O–H groups in total. The molecule has 0 bridgehead atoms. The molecule has 0 aliphatic carbocycles. The van der Waals surface area contributed by atoms with Crippen molar-refractivity contribution in [3.63, 3.8) is 0 Å². The van der Waals surface area contributed by atoms with Crippen LogP contribution in [0.1, 0.15) is 29.4 Å². The maximum absolute atomic E-state index is 5.38. The largest absolute Gasteiger partial charge is 0.497 e. The van der Waals surface area contributed by atoms with Crippen LogP contribution in [-0.4, -0.2) is 22.2 Å². The number of thiazole rings is 1. The van der Waals surface area contributed by atoms with Crippen molar-refractivity contribution < 1.29 is 9.26 Å². The third-order valence-electron chi connectivity index (χ3n) is 3.55. The lowest BCUT2D eigenvalue weighted by Crippen LogP contribution is -2.18. The Morgan fingerprint density at radius 2 is 2.26 bits per heavy atom. The topological polar surface area (TPSA) is 73.1 Å². The quantitative estimate of drug-likeness (QED) is 0.747. The zero-order valence-corrected chi connectivity index (χ0v) is 14.1. The Morgan fingerprint density at radius 1 is 1.39 bits per heavy atom. The predicted octanol–water partition coefficient (Wildman–Crippen LogP) is 3.36. The maximum Gasteiger partial charge on any atom is 0.243 e. The van der Waals surface area contributed by atoms with Crippen LogP contribution in [0.2, 0.25) is 0 Å². The van der Waals surface area contributed by atoms with Gasteiger partial charge in [-0.25, -0.2) is 4.98 Å². The van der Waals surface area contributed by atoms with Gasteiger partial charge in [0.2, 0.25) is 11.7 Å². The van der Waals surface area contributed by atoms with E-state index < -0.39 is 0 Å². The fourth-order valence-corrected chi connectivity index (χ4v) is 2.85. The molecule has 3 rings (SSSR count). The molecule has 7 heteroatoms. The number of methoxy groups -OCH3 is 1. The molecular formula is C16H18N4O2S. The number of aryl methyl sites for hydroxylation is 1. The number of nitrogens with zero attached hydrogens (tertiary/aromatic N) is 3. The van der Waals surface area contributed by atoms with E-state index in [-0.39, 0.29) is 6.04 Å². The van der Waals surface area contributed by atoms with E-state index in [1.54, 1.807) is 18.4 Å². The van der Waals surface area contributed by atoms with Crippen LogP contribution in [0.15, 0.2) is 34.3 Å². The second-order valence-corrected chi connectivity index (χ2v) is 6.09. The summed E-state index contributed by atoms with van der Waals surface area (Å²) < 4.78 is 10.6. The first-order chi connectivity index (χ1) is 11.2. The standard InChI is InChI=1S/C16H18N4O2S/c1-10-14(23-9-18-10)8-17-11(2)16-19-15(20-22-16)12-5-4-6-13(7-12)21-3/h4-7,9,11,17H,8H2,1-3H3. The normalized spacial score (nSPS) is 12.3. The van der Waals surface area contributed by atoms with Gasteiger partial charge in [-0.1, -0.05) is 17.3 Å². The van der Waals surface area contributed by atoms with Crippen LogP contribution < -0.4 is 10.1 Å². The number of hydrogen-bond donors (Lipinski definition) is 1. The van der Waals surface area contributed by atoms with Crippen molar-refractivity contribution in [2.45, 2.75) is 26.4 Å². The molecule has 0 aliphatic rings. The van der Waals surface area contributed by atoms with Crippen molar-refractivity contribution in [3.05, 3.63) is 46.2 Å². The Kier molecular flexibility index (Phi) is 4.68. The van der Waals surface area contributed by atoms with E-state index in [4.69, 9.17) is 9.26 Å². The fraction of sp³-hybridized carbons (Fsp3) is 0.312. The van der Waals surface area contributed by atoms with Crippen LogP contribution in [0.5, 0.6) is 5.75 Å². The van der Waals surface area contributed by atoms with Crippen molar-refractivity contribution in [1.29, 1.82) is 0 Å². The molecule has 1 unspecified atom stereocenters. The molecule has 0 saturated heterocycles. The summed E-state index contributed by atoms with van der Waals surface area (Å²) in [6.07, 6.45) is 0. The first kappa shape index (κ1) is 15.6. The number of benzene rings is 1. The molecule has 120 valence electrons. The van der Waals surface area contributed by atoms with Gasteiger partial charge in [0.25, 0.3) is 0 Å². The van der Waals surface area contributed by atoms with Gasteiger partial charge in [0, 0.05) is 17.0 Å². The van der Waals surface area contributed by atoms with Gasteiger partial charge in [-0.15, -0.1) is 11.3 Å². The minimum absolute atomic E-state index is 0.0386. The molecule has 0 spiro atoms. The molecule has 23 heavy (non-hydrogen) atoms. The zero-order chi connectivity index (χ0) is 16.2. The average molecular weight is 330 g/mol. The van der Waals surface area contributed by atoms with Crippen molar-refractivity contribution in [2.24, 2.45) is 0 Å². The Bertz CT molecular complexity index is 784. The van der Waals surface area contributed by atoms with Crippen LogP contribution in [0.4, 0.5) is 0 Å². The second-order valence-electron chi connectivity index (χ2n) is 5.15. The van der Waals surface area contributed by atoms with Crippen LogP contribution >= 0.6 is 11.3 Å². The summed E-state index contributed by atoms with van der Waals surface area (Å²) in [5.41, 5.74) is 3.77. The van der Waals surface area contributed by atoms with Crippen LogP contribution in [0.3, 0.4) is 0 Å². The van der Waals surface area contributed by atoms with Gasteiger partial charge in [0.1, 0.15) is 5.75 Å². The molecule has 2 heterocycles. The highest BCUT2D eigenvalue weighted by Gasteiger charge is 2.16. The van der Waals surface area contributed by atoms with E-state index >= 15 is 0 Å². The Balaban J connectivity index is 1.69. The number of aromatic nitrogens is 3. The zero-order valence-electron chi connectivity index (χ0n) is 13.2. The smallest absolute Gasteiger partial charge is 0.243 e. The molecule has 0 saturated carbocycles. The summed E-state index contributed by atoms with van der Waals surface area (Å²) in [6, 6.07) is 7.55. The summed E-state index contributed by atoms with van der Waals surface area (Å²) in [4.78, 5) is 9.93. The molecule has 0 amide bonds. The van der Waals surface area contributed by atoms with E-state index in [0.717, 1.165) is 23.6 Å². The van der Waals surface area contributed by atoms with Crippen molar-refractivity contribution in [2.75, 3.05) is 7.11 Å². The van der Waals surface area contributed by atoms with E-state index in [9.17, 15) is 0 Å². The predicted molar refractivity (Wildman–Crippen MR) is 88.4 cm³/mol. The Labute approximate surface area is 138 Å². The van der Waals surface area contributed by atoms with Gasteiger partial charge in [0.05, 0.1) is 24.4 Å². The highest BCUT2D eigenvalue weighted by molar-refractivity contribution is 7.09. The van der Waals surface area contributed by atoms with Gasteiger partial charge in [0.15, 0.2) is 0 Å². The minimum atomic E-state index is -0.0386. The lowest BCUT2D eigenvalue weighted by molar-refractivity contribution is 0.339. The monoisotopic (exact) mass is 330 g/mol. The van der Waals surface area contributed by atoms with Gasteiger partial charge in [-0.2, -0.15) is 4.98 Å². The minimum Gasteiger partial charge on any atom is -0.497 e. The van der Waals surface area contributed by atoms with Crippen LogP contribution in [0.25, 0.3) is 11.4 Å². The van der Waals surface area contributed by atoms with E-state index in [1.165, 1.54) is 4.88 Å². The summed E-state index contributed by atoms with van der Waals surface area (Å²) in [5, 5.41) is 7.43. The lowest BCUT2D eigenvalue weighted by atomic mass is 10.2. The van der Waals surface area contributed by atoms with Crippen LogP contribution in [-0.2, 0) is 6.54 Å². The van der Waals surface area contributed by atoms with Crippen molar-refractivity contribution in [1.82, 2.24) is 20.4 Å². The maximum atomic E-state index is 5.38. The van der Waals surface area contributed by atoms with Crippen molar-refractivity contribution >= 4 is 11.3 Å². The first-order valence-electron chi connectivity index (χ1n) is 7.27. The van der Waals surface area contributed by atoms with Gasteiger partial charge in [-0.3, -0.25) is 0 Å². The molecule has 6 nitrogen and oxygen atoms in total. The highest BCUT2D eigenvalue weighted by atomic mass is 32.1. The Morgan fingerprint density at radius 3 is 3.00 bits per heavy atom. The summed E-state index contributed by atoms with van der Waals surface area (Å²) in [7, 11) is 1.63. The third kappa shape index (κ3) is 3.57. The molecule has 1 aromatic carbocycles. The number of ether oxygens (including phenoxy) is 1. The molecule has 0 radical (unpaired) electrons. The van der Waals surface area contributed by atoms with Gasteiger partial charge >= 0.3 is 0 Å². The number of hydrogen-bond acceptors (Lipinski definition) is 7. The summed E-state index contributed by atoms with van der Waals surface area (Å²) >= 11 is 1.64. The summed E-state index contributed by atoms with van der Waals surface area (Å²) in [5.74, 6) is 1.88. The Hall–Kier alpha value is -2.25. The van der Waals surface area contributed by atoms with E-state index in [0.29, 0.717) is 11.7 Å². The molecule has 3 aromatic rings. The number of nitrogens with one attached hydrogen (secondary N) is 1. The SMILES string of the molecule is COc1cccc(-c2noc(C(C)NCc3scnc3C)n2)c1. The molecule has 0 fully saturated rings. The van der Waals surface area contributed by atoms with Crippen molar-refractivity contribution in [3.8, 4) is 17.1 Å². The van der Waals surface area contributed by atoms with E-state index in [2.05, 4.69) is 20.4 Å². The second kappa shape index (κ2) is 6.89. The first-order valence-corrected chi connectivity index (χ1v) is 8.15. The average Bonchev–Trinajstić information content (AvgIpc) is 3.22. The number of rotatable bonds is 6. The molecule has 0 aliphatic heterocycles. The lowest BCUT2D eigenvalue weighted by Gasteiger charge is -2.08.